The second-order valence-corrected chi connectivity index (χ2v) is 7.56. The predicted octanol–water partition coefficient (Wildman–Crippen LogP) is 3.12. The van der Waals surface area contributed by atoms with Crippen molar-refractivity contribution in [3.63, 3.8) is 0 Å². The number of benzene rings is 1. The smallest absolute Gasteiger partial charge is 0.175 e. The molecule has 1 aromatic heterocycles. The van der Waals surface area contributed by atoms with Crippen LogP contribution in [0.2, 0.25) is 0 Å². The molecule has 0 bridgehead atoms. The summed E-state index contributed by atoms with van der Waals surface area (Å²) in [5.41, 5.74) is 0.859. The van der Waals surface area contributed by atoms with Gasteiger partial charge in [0.25, 0.3) is 0 Å². The highest BCUT2D eigenvalue weighted by Gasteiger charge is 2.11. The molecule has 0 N–H and O–H groups in total. The number of carbonyl (C=O) groups excluding carboxylic acids is 1. The standard InChI is InChI=1S/C14H14O3S2/c1-10(9-15)13-6-7-14(18-13)11-4-3-5-12(8-11)19(2,16)17/h3-10H,1-2H3. The molecule has 0 aliphatic carbocycles. The summed E-state index contributed by atoms with van der Waals surface area (Å²) >= 11 is 1.51. The van der Waals surface area contributed by atoms with Gasteiger partial charge in [-0.15, -0.1) is 11.3 Å². The molecule has 3 nitrogen and oxygen atoms in total. The van der Waals surface area contributed by atoms with Crippen molar-refractivity contribution in [3.05, 3.63) is 41.3 Å². The van der Waals surface area contributed by atoms with Crippen molar-refractivity contribution in [2.45, 2.75) is 17.7 Å². The van der Waals surface area contributed by atoms with Crippen molar-refractivity contribution in [2.75, 3.05) is 6.26 Å². The molecule has 0 saturated carbocycles. The fourth-order valence-corrected chi connectivity index (χ4v) is 3.38. The molecule has 1 aromatic carbocycles. The summed E-state index contributed by atoms with van der Waals surface area (Å²) < 4.78 is 23.1. The monoisotopic (exact) mass is 294 g/mol. The predicted molar refractivity (Wildman–Crippen MR) is 77.3 cm³/mol. The third-order valence-corrected chi connectivity index (χ3v) is 5.27. The molecule has 0 fully saturated rings. The van der Waals surface area contributed by atoms with Gasteiger partial charge in [0.2, 0.25) is 0 Å². The van der Waals surface area contributed by atoms with E-state index in [1.54, 1.807) is 18.2 Å². The van der Waals surface area contributed by atoms with Crippen molar-refractivity contribution >= 4 is 27.5 Å². The van der Waals surface area contributed by atoms with E-state index in [4.69, 9.17) is 0 Å². The van der Waals surface area contributed by atoms with Gasteiger partial charge in [0.15, 0.2) is 9.84 Å². The first-order valence-corrected chi connectivity index (χ1v) is 8.48. The number of aldehydes is 1. The van der Waals surface area contributed by atoms with Crippen LogP contribution in [0.5, 0.6) is 0 Å². The highest BCUT2D eigenvalue weighted by atomic mass is 32.2. The fraction of sp³-hybridized carbons (Fsp3) is 0.214. The molecule has 0 radical (unpaired) electrons. The van der Waals surface area contributed by atoms with Gasteiger partial charge in [0.05, 0.1) is 4.90 Å². The van der Waals surface area contributed by atoms with E-state index in [1.165, 1.54) is 17.6 Å². The molecule has 0 amide bonds. The Bertz CT molecular complexity index is 699. The number of carbonyl (C=O) groups is 1. The Labute approximate surface area is 116 Å². The van der Waals surface area contributed by atoms with Crippen molar-refractivity contribution in [1.82, 2.24) is 0 Å². The minimum Gasteiger partial charge on any atom is -0.303 e. The van der Waals surface area contributed by atoms with Crippen LogP contribution in [0, 0.1) is 0 Å². The molecule has 0 spiro atoms. The first-order valence-electron chi connectivity index (χ1n) is 5.77. The highest BCUT2D eigenvalue weighted by Crippen LogP contribution is 2.32. The average molecular weight is 294 g/mol. The number of hydrogen-bond donors (Lipinski definition) is 0. The van der Waals surface area contributed by atoms with E-state index in [2.05, 4.69) is 0 Å². The van der Waals surface area contributed by atoms with E-state index in [1.807, 2.05) is 25.1 Å². The molecule has 0 saturated heterocycles. The Morgan fingerprint density at radius 2 is 1.95 bits per heavy atom. The van der Waals surface area contributed by atoms with Gasteiger partial charge in [-0.25, -0.2) is 8.42 Å². The molecule has 19 heavy (non-hydrogen) atoms. The highest BCUT2D eigenvalue weighted by molar-refractivity contribution is 7.90. The van der Waals surface area contributed by atoms with E-state index in [9.17, 15) is 13.2 Å². The van der Waals surface area contributed by atoms with Gasteiger partial charge < -0.3 is 4.79 Å². The van der Waals surface area contributed by atoms with Gasteiger partial charge in [0.1, 0.15) is 6.29 Å². The Morgan fingerprint density at radius 1 is 1.21 bits per heavy atom. The van der Waals surface area contributed by atoms with Crippen LogP contribution in [0.15, 0.2) is 41.3 Å². The lowest BCUT2D eigenvalue weighted by atomic mass is 10.1. The molecule has 0 aliphatic heterocycles. The lowest BCUT2D eigenvalue weighted by Crippen LogP contribution is -1.96. The molecule has 1 unspecified atom stereocenters. The molecule has 0 aliphatic rings. The maximum absolute atomic E-state index is 11.5. The third kappa shape index (κ3) is 3.11. The van der Waals surface area contributed by atoms with Gasteiger partial charge in [-0.1, -0.05) is 19.1 Å². The minimum atomic E-state index is -3.20. The van der Waals surface area contributed by atoms with Crippen molar-refractivity contribution in [2.24, 2.45) is 0 Å². The lowest BCUT2D eigenvalue weighted by Gasteiger charge is -2.02. The largest absolute Gasteiger partial charge is 0.303 e. The Kier molecular flexibility index (Phi) is 3.87. The van der Waals surface area contributed by atoms with Crippen LogP contribution in [0.3, 0.4) is 0 Å². The summed E-state index contributed by atoms with van der Waals surface area (Å²) in [5.74, 6) is -0.128. The van der Waals surface area contributed by atoms with E-state index in [0.717, 1.165) is 21.6 Å². The Morgan fingerprint density at radius 3 is 2.58 bits per heavy atom. The maximum atomic E-state index is 11.5. The fourth-order valence-electron chi connectivity index (χ4n) is 1.70. The molecule has 2 aromatic rings. The van der Waals surface area contributed by atoms with Crippen LogP contribution in [0.25, 0.3) is 10.4 Å². The Hall–Kier alpha value is -1.46. The second kappa shape index (κ2) is 5.27. The van der Waals surface area contributed by atoms with Gasteiger partial charge in [-0.3, -0.25) is 0 Å². The van der Waals surface area contributed by atoms with Crippen LogP contribution >= 0.6 is 11.3 Å². The zero-order valence-electron chi connectivity index (χ0n) is 10.7. The van der Waals surface area contributed by atoms with E-state index < -0.39 is 9.84 Å². The summed E-state index contributed by atoms with van der Waals surface area (Å²) in [5, 5.41) is 0. The molecule has 100 valence electrons. The topological polar surface area (TPSA) is 51.2 Å². The summed E-state index contributed by atoms with van der Waals surface area (Å²) in [7, 11) is -3.20. The molecule has 1 heterocycles. The molecular formula is C14H14O3S2. The normalized spacial score (nSPS) is 13.2. The number of sulfone groups is 1. The third-order valence-electron chi connectivity index (χ3n) is 2.83. The number of rotatable bonds is 4. The zero-order chi connectivity index (χ0) is 14.0. The second-order valence-electron chi connectivity index (χ2n) is 4.43. The maximum Gasteiger partial charge on any atom is 0.175 e. The van der Waals surface area contributed by atoms with E-state index in [0.29, 0.717) is 4.90 Å². The molecule has 1 atom stereocenters. The minimum absolute atomic E-state index is 0.128. The summed E-state index contributed by atoms with van der Waals surface area (Å²) in [6, 6.07) is 10.7. The quantitative estimate of drug-likeness (QED) is 0.814. The van der Waals surface area contributed by atoms with E-state index in [-0.39, 0.29) is 5.92 Å². The van der Waals surface area contributed by atoms with Crippen LogP contribution in [-0.4, -0.2) is 21.0 Å². The number of hydrogen-bond acceptors (Lipinski definition) is 4. The average Bonchev–Trinajstić information content (AvgIpc) is 2.86. The van der Waals surface area contributed by atoms with Crippen LogP contribution < -0.4 is 0 Å². The van der Waals surface area contributed by atoms with Crippen LogP contribution in [0.4, 0.5) is 0 Å². The lowest BCUT2D eigenvalue weighted by molar-refractivity contribution is -0.108. The molecule has 2 rings (SSSR count). The van der Waals surface area contributed by atoms with Gasteiger partial charge >= 0.3 is 0 Å². The summed E-state index contributed by atoms with van der Waals surface area (Å²) in [6.45, 7) is 1.84. The van der Waals surface area contributed by atoms with Gasteiger partial charge in [-0.2, -0.15) is 0 Å². The first-order chi connectivity index (χ1) is 8.91. The van der Waals surface area contributed by atoms with Gasteiger partial charge in [0, 0.05) is 21.9 Å². The first kappa shape index (κ1) is 14.0. The number of thiophene rings is 1. The molecular weight excluding hydrogens is 280 g/mol. The molecule has 5 heteroatoms. The van der Waals surface area contributed by atoms with Crippen LogP contribution in [0.1, 0.15) is 17.7 Å². The SMILES string of the molecule is CC(C=O)c1ccc(-c2cccc(S(C)(=O)=O)c2)s1. The summed E-state index contributed by atoms with van der Waals surface area (Å²) in [6.07, 6.45) is 2.10. The van der Waals surface area contributed by atoms with Crippen molar-refractivity contribution in [1.29, 1.82) is 0 Å². The Balaban J connectivity index is 2.42. The van der Waals surface area contributed by atoms with Crippen LogP contribution in [-0.2, 0) is 14.6 Å². The van der Waals surface area contributed by atoms with Crippen molar-refractivity contribution < 1.29 is 13.2 Å². The van der Waals surface area contributed by atoms with Gasteiger partial charge in [-0.05, 0) is 29.8 Å². The van der Waals surface area contributed by atoms with E-state index >= 15 is 0 Å². The summed E-state index contributed by atoms with van der Waals surface area (Å²) in [4.78, 5) is 13.0. The van der Waals surface area contributed by atoms with Crippen molar-refractivity contribution in [3.8, 4) is 10.4 Å². The zero-order valence-corrected chi connectivity index (χ0v) is 12.3.